The number of aromatic nitrogens is 1. The van der Waals surface area contributed by atoms with Crippen molar-refractivity contribution in [1.82, 2.24) is 4.98 Å². The number of phosphoric ester groups is 1. The number of rotatable bonds is 6. The van der Waals surface area contributed by atoms with E-state index in [1.54, 1.807) is 0 Å². The predicted molar refractivity (Wildman–Crippen MR) is 67.0 cm³/mol. The highest BCUT2D eigenvalue weighted by atomic mass is 31.2. The average Bonchev–Trinajstić information content (AvgIpc) is 2.37. The largest absolute Gasteiger partial charge is 0.871 e. The molecule has 0 atom stereocenters. The minimum atomic E-state index is -4.73. The van der Waals surface area contributed by atoms with Crippen molar-refractivity contribution in [2.24, 2.45) is 4.99 Å². The van der Waals surface area contributed by atoms with Gasteiger partial charge in [0, 0.05) is 23.7 Å². The van der Waals surface area contributed by atoms with Crippen LogP contribution >= 0.6 is 7.82 Å². The Balaban J connectivity index is 3.15. The molecule has 0 aliphatic heterocycles. The normalized spacial score (nSPS) is 11.8. The van der Waals surface area contributed by atoms with E-state index in [0.29, 0.717) is 0 Å². The lowest BCUT2D eigenvalue weighted by Crippen LogP contribution is -2.23. The number of pyridine rings is 1. The molecule has 0 aliphatic rings. The number of aliphatic imine (C=N–C) groups is 1. The fourth-order valence-corrected chi connectivity index (χ4v) is 1.56. The van der Waals surface area contributed by atoms with Crippen molar-refractivity contribution in [2.45, 2.75) is 13.5 Å². The predicted octanol–water partition coefficient (Wildman–Crippen LogP) is -1.24. The molecular formula is C11H11N2O7P-2. The molecule has 0 aliphatic carbocycles. The summed E-state index contributed by atoms with van der Waals surface area (Å²) in [5.74, 6) is -2.19. The van der Waals surface area contributed by atoms with Gasteiger partial charge in [-0.1, -0.05) is 12.3 Å². The summed E-state index contributed by atoms with van der Waals surface area (Å²) in [6.07, 6.45) is 2.09. The molecule has 0 bridgehead atoms. The second-order valence-corrected chi connectivity index (χ2v) is 5.11. The fraction of sp³-hybridized carbons (Fsp3) is 0.182. The Morgan fingerprint density at radius 1 is 1.62 bits per heavy atom. The molecule has 1 rings (SSSR count). The SMILES string of the molecule is C=C(N=Cc1c(COP(=O)(O)O)cnc(C)c1[O-])C(=O)[O-]. The van der Waals surface area contributed by atoms with Gasteiger partial charge in [0.25, 0.3) is 0 Å². The molecule has 0 saturated heterocycles. The second-order valence-electron chi connectivity index (χ2n) is 3.87. The van der Waals surface area contributed by atoms with Crippen LogP contribution in [-0.2, 0) is 20.5 Å². The van der Waals surface area contributed by atoms with Gasteiger partial charge in [-0.2, -0.15) is 0 Å². The van der Waals surface area contributed by atoms with Gasteiger partial charge in [-0.15, -0.1) is 0 Å². The van der Waals surface area contributed by atoms with Crippen LogP contribution in [0.4, 0.5) is 0 Å². The summed E-state index contributed by atoms with van der Waals surface area (Å²) >= 11 is 0. The van der Waals surface area contributed by atoms with Crippen LogP contribution in [0.5, 0.6) is 5.75 Å². The van der Waals surface area contributed by atoms with E-state index in [1.807, 2.05) is 0 Å². The van der Waals surface area contributed by atoms with E-state index < -0.39 is 31.8 Å². The highest BCUT2D eigenvalue weighted by molar-refractivity contribution is 7.46. The third kappa shape index (κ3) is 5.09. The molecule has 1 aromatic rings. The van der Waals surface area contributed by atoms with E-state index in [4.69, 9.17) is 9.79 Å². The van der Waals surface area contributed by atoms with Gasteiger partial charge in [0.15, 0.2) is 0 Å². The van der Waals surface area contributed by atoms with Crippen molar-refractivity contribution in [3.63, 3.8) is 0 Å². The van der Waals surface area contributed by atoms with Gasteiger partial charge in [0.2, 0.25) is 0 Å². The lowest BCUT2D eigenvalue weighted by atomic mass is 10.1. The molecule has 2 N–H and O–H groups in total. The number of carbonyl (C=O) groups excluding carboxylic acids is 1. The Morgan fingerprint density at radius 2 is 2.24 bits per heavy atom. The zero-order valence-electron chi connectivity index (χ0n) is 10.8. The summed E-state index contributed by atoms with van der Waals surface area (Å²) in [6.45, 7) is 3.93. The summed E-state index contributed by atoms with van der Waals surface area (Å²) in [5, 5.41) is 22.4. The van der Waals surface area contributed by atoms with Crippen LogP contribution in [0.2, 0.25) is 0 Å². The van der Waals surface area contributed by atoms with Gasteiger partial charge in [-0.05, 0) is 12.5 Å². The Morgan fingerprint density at radius 3 is 2.76 bits per heavy atom. The highest BCUT2D eigenvalue weighted by Gasteiger charge is 2.15. The molecule has 0 spiro atoms. The monoisotopic (exact) mass is 314 g/mol. The number of aryl methyl sites for hydroxylation is 1. The lowest BCUT2D eigenvalue weighted by Gasteiger charge is -2.17. The van der Waals surface area contributed by atoms with Gasteiger partial charge in [-0.25, -0.2) is 4.57 Å². The quantitative estimate of drug-likeness (QED) is 0.375. The number of nitrogens with zero attached hydrogens (tertiary/aromatic N) is 2. The molecule has 114 valence electrons. The van der Waals surface area contributed by atoms with Crippen molar-refractivity contribution >= 4 is 20.0 Å². The zero-order chi connectivity index (χ0) is 16.2. The number of carboxylic acid groups (broad SMARTS) is 1. The molecule has 21 heavy (non-hydrogen) atoms. The van der Waals surface area contributed by atoms with Crippen LogP contribution in [0, 0.1) is 6.92 Å². The van der Waals surface area contributed by atoms with Crippen LogP contribution in [0.1, 0.15) is 16.8 Å². The van der Waals surface area contributed by atoms with E-state index in [1.165, 1.54) is 13.1 Å². The van der Waals surface area contributed by atoms with Crippen LogP contribution in [0.25, 0.3) is 0 Å². The lowest BCUT2D eigenvalue weighted by molar-refractivity contribution is -0.299. The highest BCUT2D eigenvalue weighted by Crippen LogP contribution is 2.37. The number of carboxylic acids is 1. The number of hydrogen-bond acceptors (Lipinski definition) is 7. The maximum atomic E-state index is 11.9. The molecule has 0 saturated carbocycles. The molecule has 0 aromatic carbocycles. The van der Waals surface area contributed by atoms with Crippen molar-refractivity contribution in [2.75, 3.05) is 0 Å². The number of aliphatic carboxylic acids is 1. The van der Waals surface area contributed by atoms with Gasteiger partial charge in [0.1, 0.15) is 0 Å². The third-order valence-corrected chi connectivity index (χ3v) is 2.77. The van der Waals surface area contributed by atoms with E-state index >= 15 is 0 Å². The summed E-state index contributed by atoms with van der Waals surface area (Å²) in [7, 11) is -4.73. The van der Waals surface area contributed by atoms with E-state index in [0.717, 1.165) is 6.21 Å². The first-order valence-electron chi connectivity index (χ1n) is 5.41. The molecule has 0 amide bonds. The second kappa shape index (κ2) is 6.59. The maximum absolute atomic E-state index is 11.9. The summed E-state index contributed by atoms with van der Waals surface area (Å²) in [5.41, 5.74) is -0.552. The number of phosphoric acid groups is 1. The average molecular weight is 314 g/mol. The van der Waals surface area contributed by atoms with E-state index in [9.17, 15) is 19.6 Å². The van der Waals surface area contributed by atoms with Gasteiger partial charge in [-0.3, -0.25) is 14.5 Å². The first-order chi connectivity index (χ1) is 9.61. The fourth-order valence-electron chi connectivity index (χ4n) is 1.25. The molecule has 10 heteroatoms. The first kappa shape index (κ1) is 17.0. The Hall–Kier alpha value is -2.06. The summed E-state index contributed by atoms with van der Waals surface area (Å²) in [6, 6.07) is 0. The minimum Gasteiger partial charge on any atom is -0.871 e. The summed E-state index contributed by atoms with van der Waals surface area (Å²) < 4.78 is 14.9. The Bertz CT molecular complexity index is 650. The number of hydrogen-bond donors (Lipinski definition) is 2. The molecule has 9 nitrogen and oxygen atoms in total. The van der Waals surface area contributed by atoms with Crippen molar-refractivity contribution < 1.29 is 33.9 Å². The van der Waals surface area contributed by atoms with E-state index in [-0.39, 0.29) is 16.8 Å². The molecular weight excluding hydrogens is 303 g/mol. The molecule has 0 radical (unpaired) electrons. The zero-order valence-corrected chi connectivity index (χ0v) is 11.7. The minimum absolute atomic E-state index is 0.0452. The van der Waals surface area contributed by atoms with Crippen LogP contribution in [0.3, 0.4) is 0 Å². The maximum Gasteiger partial charge on any atom is 0.469 e. The van der Waals surface area contributed by atoms with Gasteiger partial charge in [0.05, 0.1) is 18.3 Å². The van der Waals surface area contributed by atoms with Gasteiger partial charge < -0.3 is 24.8 Å². The standard InChI is InChI=1S/C11H13N2O7P/c1-6-10(14)9(4-13-7(2)11(15)16)8(3-12-6)5-20-21(17,18)19/h3-4,14H,2,5H2,1H3,(H,15,16)(H2,17,18,19)/p-2. The first-order valence-corrected chi connectivity index (χ1v) is 6.94. The van der Waals surface area contributed by atoms with Crippen molar-refractivity contribution in [1.29, 1.82) is 0 Å². The smallest absolute Gasteiger partial charge is 0.469 e. The Labute approximate surface area is 119 Å². The molecule has 0 unspecified atom stereocenters. The topological polar surface area (TPSA) is 155 Å². The molecule has 1 heterocycles. The van der Waals surface area contributed by atoms with Crippen LogP contribution in [0.15, 0.2) is 23.5 Å². The molecule has 0 fully saturated rings. The van der Waals surface area contributed by atoms with Crippen molar-refractivity contribution in [3.8, 4) is 5.75 Å². The Kier molecular flexibility index (Phi) is 5.34. The third-order valence-electron chi connectivity index (χ3n) is 2.31. The molecule has 1 aromatic heterocycles. The van der Waals surface area contributed by atoms with Crippen LogP contribution in [-0.4, -0.2) is 27.0 Å². The summed E-state index contributed by atoms with van der Waals surface area (Å²) in [4.78, 5) is 34.9. The van der Waals surface area contributed by atoms with Gasteiger partial charge >= 0.3 is 7.82 Å². The van der Waals surface area contributed by atoms with E-state index in [2.05, 4.69) is 21.1 Å². The van der Waals surface area contributed by atoms with Crippen molar-refractivity contribution in [3.05, 3.63) is 35.3 Å². The van der Waals surface area contributed by atoms with Crippen LogP contribution < -0.4 is 10.2 Å². The number of carbonyl (C=O) groups is 1.